The second-order valence-corrected chi connectivity index (χ2v) is 9.73. The van der Waals surface area contributed by atoms with Crippen LogP contribution in [-0.4, -0.2) is 87.6 Å². The zero-order chi connectivity index (χ0) is 27.0. The number of rotatable bonds is 4. The molecule has 0 aromatic heterocycles. The Labute approximate surface area is 204 Å². The summed E-state index contributed by atoms with van der Waals surface area (Å²) < 4.78 is 0. The van der Waals surface area contributed by atoms with Gasteiger partial charge in [-0.1, -0.05) is 0 Å². The number of nitrogens with two attached hydrogens (primary N) is 1. The SMILES string of the molecule is CN(C)c1cc([N+](=O)[O-])c(O)c2c1CC1C[C@H]3[C@H](N(C)C)C(=O)C(C(N)=O)=C(O)[C@@]3(O)C(=O)C1=C2O. The van der Waals surface area contributed by atoms with Gasteiger partial charge in [0, 0.05) is 37.3 Å². The summed E-state index contributed by atoms with van der Waals surface area (Å²) in [6.45, 7) is 0. The number of carbonyl (C=O) groups is 3. The topological polar surface area (TPSA) is 208 Å². The first-order valence-electron chi connectivity index (χ1n) is 11.0. The maximum Gasteiger partial charge on any atom is 0.313 e. The zero-order valence-corrected chi connectivity index (χ0v) is 20.0. The lowest BCUT2D eigenvalue weighted by atomic mass is 9.57. The summed E-state index contributed by atoms with van der Waals surface area (Å²) in [6.07, 6.45) is -0.0377. The van der Waals surface area contributed by atoms with Crippen molar-refractivity contribution in [3.05, 3.63) is 44.2 Å². The van der Waals surface area contributed by atoms with Crippen molar-refractivity contribution in [2.45, 2.75) is 24.5 Å². The average Bonchev–Trinajstić information content (AvgIpc) is 2.75. The van der Waals surface area contributed by atoms with Crippen molar-refractivity contribution in [1.82, 2.24) is 4.90 Å². The van der Waals surface area contributed by atoms with Crippen molar-refractivity contribution in [2.75, 3.05) is 33.1 Å². The minimum absolute atomic E-state index is 0.0353. The van der Waals surface area contributed by atoms with Crippen LogP contribution in [-0.2, 0) is 20.8 Å². The van der Waals surface area contributed by atoms with E-state index in [9.17, 15) is 44.9 Å². The Morgan fingerprint density at radius 2 is 1.81 bits per heavy atom. The second-order valence-electron chi connectivity index (χ2n) is 9.73. The summed E-state index contributed by atoms with van der Waals surface area (Å²) in [5.41, 5.74) is 0.875. The summed E-state index contributed by atoms with van der Waals surface area (Å²) in [5.74, 6) is -8.16. The molecule has 4 atom stereocenters. The average molecular weight is 502 g/mol. The third-order valence-electron chi connectivity index (χ3n) is 7.36. The zero-order valence-electron chi connectivity index (χ0n) is 20.0. The molecular weight excluding hydrogens is 476 g/mol. The van der Waals surface area contributed by atoms with E-state index in [-0.39, 0.29) is 24.0 Å². The number of benzene rings is 1. The number of aliphatic hydroxyl groups excluding tert-OH is 2. The van der Waals surface area contributed by atoms with E-state index >= 15 is 0 Å². The molecule has 1 aromatic rings. The van der Waals surface area contributed by atoms with Crippen LogP contribution in [0.15, 0.2) is 23.0 Å². The molecule has 3 aliphatic rings. The van der Waals surface area contributed by atoms with Crippen LogP contribution in [0.3, 0.4) is 0 Å². The van der Waals surface area contributed by atoms with Crippen LogP contribution in [0.1, 0.15) is 17.5 Å². The first kappa shape index (κ1) is 25.1. The number of nitro groups is 1. The van der Waals surface area contributed by atoms with Crippen molar-refractivity contribution >= 4 is 34.6 Å². The van der Waals surface area contributed by atoms with Crippen LogP contribution >= 0.6 is 0 Å². The van der Waals surface area contributed by atoms with Crippen LogP contribution in [0.5, 0.6) is 5.75 Å². The molecule has 13 nitrogen and oxygen atoms in total. The molecule has 0 bridgehead atoms. The molecule has 1 fully saturated rings. The number of carbonyl (C=O) groups excluding carboxylic acids is 3. The van der Waals surface area contributed by atoms with E-state index in [4.69, 9.17) is 5.73 Å². The molecule has 0 spiro atoms. The molecule has 3 aliphatic carbocycles. The fourth-order valence-electron chi connectivity index (χ4n) is 5.82. The minimum atomic E-state index is -2.77. The lowest BCUT2D eigenvalue weighted by Crippen LogP contribution is -2.65. The van der Waals surface area contributed by atoms with Crippen LogP contribution < -0.4 is 10.6 Å². The van der Waals surface area contributed by atoms with Gasteiger partial charge in [0.25, 0.3) is 5.91 Å². The van der Waals surface area contributed by atoms with Crippen molar-refractivity contribution in [3.8, 4) is 5.75 Å². The Morgan fingerprint density at radius 3 is 2.31 bits per heavy atom. The number of hydrogen-bond acceptors (Lipinski definition) is 11. The van der Waals surface area contributed by atoms with Gasteiger partial charge in [-0.15, -0.1) is 0 Å². The Morgan fingerprint density at radius 1 is 1.19 bits per heavy atom. The van der Waals surface area contributed by atoms with Gasteiger partial charge >= 0.3 is 5.69 Å². The standard InChI is InChI=1S/C23H26N4O9/c1-25(2)11-7-12(27(35)36)17(28)14-9(11)5-8-6-10-16(26(3)4)19(30)15(22(24)33)21(32)23(10,34)20(31)13(8)18(14)29/h7-8,10,16,28-29,32,34H,5-6H2,1-4H3,(H2,24,33)/t8?,10-,16-,23-/m0/s1. The maximum absolute atomic E-state index is 13.8. The van der Waals surface area contributed by atoms with Crippen LogP contribution in [0.25, 0.3) is 5.76 Å². The number of nitrogens with zero attached hydrogens (tertiary/aromatic N) is 3. The highest BCUT2D eigenvalue weighted by Gasteiger charge is 2.64. The van der Waals surface area contributed by atoms with E-state index in [1.54, 1.807) is 19.0 Å². The molecule has 13 heteroatoms. The van der Waals surface area contributed by atoms with Gasteiger partial charge in [-0.3, -0.25) is 29.4 Å². The lowest BCUT2D eigenvalue weighted by Gasteiger charge is -2.50. The highest BCUT2D eigenvalue weighted by atomic mass is 16.6. The number of hydrogen-bond donors (Lipinski definition) is 5. The van der Waals surface area contributed by atoms with Crippen LogP contribution in [0.4, 0.5) is 11.4 Å². The monoisotopic (exact) mass is 502 g/mol. The molecule has 192 valence electrons. The number of likely N-dealkylation sites (N-methyl/N-ethyl adjacent to an activating group) is 1. The molecule has 0 radical (unpaired) electrons. The Hall–Kier alpha value is -3.97. The van der Waals surface area contributed by atoms with Gasteiger partial charge in [0.2, 0.25) is 11.5 Å². The van der Waals surface area contributed by atoms with Gasteiger partial charge in [-0.2, -0.15) is 0 Å². The predicted octanol–water partition coefficient (Wildman–Crippen LogP) is -0.0618. The van der Waals surface area contributed by atoms with Crippen molar-refractivity contribution < 1.29 is 39.7 Å². The molecule has 0 saturated heterocycles. The van der Waals surface area contributed by atoms with Crippen LogP contribution in [0.2, 0.25) is 0 Å². The highest BCUT2D eigenvalue weighted by Crippen LogP contribution is 2.54. The van der Waals surface area contributed by atoms with Crippen LogP contribution in [0, 0.1) is 22.0 Å². The largest absolute Gasteiger partial charge is 0.508 e. The Balaban J connectivity index is 2.03. The Kier molecular flexibility index (Phi) is 5.61. The number of primary amides is 1. The van der Waals surface area contributed by atoms with Gasteiger partial charge in [0.15, 0.2) is 11.4 Å². The Bertz CT molecular complexity index is 1310. The first-order valence-corrected chi connectivity index (χ1v) is 11.0. The van der Waals surface area contributed by atoms with Crippen molar-refractivity contribution in [3.63, 3.8) is 0 Å². The maximum atomic E-state index is 13.8. The molecule has 36 heavy (non-hydrogen) atoms. The number of fused-ring (bicyclic) bond motifs is 3. The van der Waals surface area contributed by atoms with E-state index in [1.165, 1.54) is 19.0 Å². The molecule has 0 aliphatic heterocycles. The lowest BCUT2D eigenvalue weighted by molar-refractivity contribution is -0.385. The van der Waals surface area contributed by atoms with E-state index < -0.39 is 74.4 Å². The van der Waals surface area contributed by atoms with Gasteiger partial charge in [0.1, 0.15) is 17.1 Å². The molecule has 6 N–H and O–H groups in total. The number of anilines is 1. The minimum Gasteiger partial charge on any atom is -0.508 e. The smallest absolute Gasteiger partial charge is 0.313 e. The quantitative estimate of drug-likeness (QED) is 0.209. The molecule has 4 rings (SSSR count). The number of ketones is 2. The normalized spacial score (nSPS) is 27.6. The van der Waals surface area contributed by atoms with E-state index in [0.717, 1.165) is 6.07 Å². The number of aliphatic hydroxyl groups is 3. The molecule has 0 heterocycles. The molecule has 1 aromatic carbocycles. The summed E-state index contributed by atoms with van der Waals surface area (Å²) in [7, 11) is 6.25. The van der Waals surface area contributed by atoms with Crippen molar-refractivity contribution in [2.24, 2.45) is 17.6 Å². The fourth-order valence-corrected chi connectivity index (χ4v) is 5.82. The second kappa shape index (κ2) is 8.03. The number of nitro benzene ring substituents is 1. The van der Waals surface area contributed by atoms with Crippen molar-refractivity contribution in [1.29, 1.82) is 0 Å². The summed E-state index contributed by atoms with van der Waals surface area (Å²) in [4.78, 5) is 52.5. The predicted molar refractivity (Wildman–Crippen MR) is 125 cm³/mol. The third kappa shape index (κ3) is 3.12. The van der Waals surface area contributed by atoms with E-state index in [1.807, 2.05) is 0 Å². The third-order valence-corrected chi connectivity index (χ3v) is 7.36. The number of aromatic hydroxyl groups is 1. The molecule has 1 unspecified atom stereocenters. The number of phenols is 1. The number of Topliss-reactive ketones (excluding diaryl/α,β-unsaturated/α-hetero) is 2. The van der Waals surface area contributed by atoms with Gasteiger partial charge in [-0.05, 0) is 38.4 Å². The van der Waals surface area contributed by atoms with E-state index in [0.29, 0.717) is 11.3 Å². The molecule has 1 amide bonds. The number of amides is 1. The fraction of sp³-hybridized carbons (Fsp3) is 0.435. The van der Waals surface area contributed by atoms with E-state index in [2.05, 4.69) is 0 Å². The summed E-state index contributed by atoms with van der Waals surface area (Å²) in [6, 6.07) is -0.0329. The number of phenolic OH excluding ortho intramolecular Hbond substituents is 1. The highest BCUT2D eigenvalue weighted by molar-refractivity contribution is 6.24. The summed E-state index contributed by atoms with van der Waals surface area (Å²) >= 11 is 0. The first-order chi connectivity index (χ1) is 16.7. The molecule has 1 saturated carbocycles. The summed E-state index contributed by atoms with van der Waals surface area (Å²) in [5, 5.41) is 55.8. The van der Waals surface area contributed by atoms with Gasteiger partial charge < -0.3 is 31.1 Å². The van der Waals surface area contributed by atoms with Gasteiger partial charge in [0.05, 0.1) is 16.5 Å². The van der Waals surface area contributed by atoms with Gasteiger partial charge in [-0.25, -0.2) is 0 Å². The molecular formula is C23H26N4O9.